The van der Waals surface area contributed by atoms with E-state index in [0.29, 0.717) is 5.41 Å². The van der Waals surface area contributed by atoms with Crippen LogP contribution in [0.3, 0.4) is 0 Å². The lowest BCUT2D eigenvalue weighted by Gasteiger charge is -2.36. The molecular formula is C17H29FN2. The third kappa shape index (κ3) is 5.22. The molecule has 2 nitrogen and oxygen atoms in total. The van der Waals surface area contributed by atoms with Crippen molar-refractivity contribution in [3.8, 4) is 0 Å². The Bertz CT molecular complexity index is 388. The first kappa shape index (κ1) is 17.1. The summed E-state index contributed by atoms with van der Waals surface area (Å²) in [4.78, 5) is 2.30. The molecule has 1 aromatic rings. The number of benzene rings is 1. The molecular weight excluding hydrogens is 251 g/mol. The minimum Gasteiger partial charge on any atom is -0.316 e. The molecule has 1 N–H and O–H groups in total. The van der Waals surface area contributed by atoms with Gasteiger partial charge in [-0.25, -0.2) is 4.39 Å². The molecule has 0 saturated carbocycles. The van der Waals surface area contributed by atoms with Crippen molar-refractivity contribution in [1.29, 1.82) is 0 Å². The van der Waals surface area contributed by atoms with Gasteiger partial charge in [-0.15, -0.1) is 0 Å². The van der Waals surface area contributed by atoms with Crippen LogP contribution < -0.4 is 5.32 Å². The van der Waals surface area contributed by atoms with Crippen molar-refractivity contribution in [1.82, 2.24) is 10.2 Å². The fourth-order valence-electron chi connectivity index (χ4n) is 2.75. The zero-order chi connectivity index (χ0) is 15.0. The topological polar surface area (TPSA) is 15.3 Å². The van der Waals surface area contributed by atoms with Crippen LogP contribution in [0, 0.1) is 11.2 Å². The predicted molar refractivity (Wildman–Crippen MR) is 84.3 cm³/mol. The highest BCUT2D eigenvalue weighted by Gasteiger charge is 2.27. The monoisotopic (exact) mass is 280 g/mol. The average Bonchev–Trinajstić information content (AvgIpc) is 2.43. The van der Waals surface area contributed by atoms with Gasteiger partial charge in [-0.2, -0.15) is 0 Å². The number of hydrogen-bond acceptors (Lipinski definition) is 2. The highest BCUT2D eigenvalue weighted by molar-refractivity contribution is 5.16. The van der Waals surface area contributed by atoms with Crippen molar-refractivity contribution in [2.45, 2.75) is 40.2 Å². The van der Waals surface area contributed by atoms with Crippen LogP contribution in [0.4, 0.5) is 4.39 Å². The zero-order valence-corrected chi connectivity index (χ0v) is 13.4. The standard InChI is InChI=1S/C17H29FN2/c1-5-17(6-2,13-19-7-3)14-20(4)12-15-9-8-10-16(18)11-15/h8-11,19H,5-7,12-14H2,1-4H3. The van der Waals surface area contributed by atoms with Crippen molar-refractivity contribution in [3.63, 3.8) is 0 Å². The molecule has 0 aliphatic carbocycles. The number of hydrogen-bond donors (Lipinski definition) is 1. The maximum absolute atomic E-state index is 13.2. The fourth-order valence-corrected chi connectivity index (χ4v) is 2.75. The second-order valence-corrected chi connectivity index (χ2v) is 5.79. The normalized spacial score (nSPS) is 12.1. The van der Waals surface area contributed by atoms with Crippen molar-refractivity contribution < 1.29 is 4.39 Å². The smallest absolute Gasteiger partial charge is 0.123 e. The maximum atomic E-state index is 13.2. The van der Waals surface area contributed by atoms with E-state index in [1.807, 2.05) is 6.07 Å². The van der Waals surface area contributed by atoms with Gasteiger partial charge in [0.2, 0.25) is 0 Å². The summed E-state index contributed by atoms with van der Waals surface area (Å²) >= 11 is 0. The van der Waals surface area contributed by atoms with Gasteiger partial charge in [0.1, 0.15) is 5.82 Å². The molecule has 0 spiro atoms. The first-order chi connectivity index (χ1) is 9.55. The number of nitrogens with one attached hydrogen (secondary N) is 1. The Kier molecular flexibility index (Phi) is 7.17. The molecule has 0 radical (unpaired) electrons. The van der Waals surface area contributed by atoms with Gasteiger partial charge in [0, 0.05) is 19.6 Å². The van der Waals surface area contributed by atoms with Gasteiger partial charge in [0.25, 0.3) is 0 Å². The number of halogens is 1. The summed E-state index contributed by atoms with van der Waals surface area (Å²) in [6, 6.07) is 6.89. The molecule has 0 bridgehead atoms. The molecule has 0 saturated heterocycles. The highest BCUT2D eigenvalue weighted by Crippen LogP contribution is 2.27. The van der Waals surface area contributed by atoms with Crippen LogP contribution in [0.2, 0.25) is 0 Å². The first-order valence-electron chi connectivity index (χ1n) is 7.69. The summed E-state index contributed by atoms with van der Waals surface area (Å²) in [5.74, 6) is -0.152. The summed E-state index contributed by atoms with van der Waals surface area (Å²) in [6.07, 6.45) is 2.31. The van der Waals surface area contributed by atoms with E-state index in [1.165, 1.54) is 6.07 Å². The van der Waals surface area contributed by atoms with Crippen LogP contribution >= 0.6 is 0 Å². The Morgan fingerprint density at radius 3 is 2.45 bits per heavy atom. The minimum absolute atomic E-state index is 0.152. The summed E-state index contributed by atoms with van der Waals surface area (Å²) in [7, 11) is 2.12. The van der Waals surface area contributed by atoms with Crippen molar-refractivity contribution in [3.05, 3.63) is 35.6 Å². The number of nitrogens with zero attached hydrogens (tertiary/aromatic N) is 1. The van der Waals surface area contributed by atoms with Crippen LogP contribution in [-0.4, -0.2) is 31.6 Å². The summed E-state index contributed by atoms with van der Waals surface area (Å²) in [5, 5.41) is 3.48. The average molecular weight is 280 g/mol. The van der Waals surface area contributed by atoms with E-state index in [0.717, 1.165) is 44.6 Å². The molecule has 3 heteroatoms. The SMILES string of the molecule is CCNCC(CC)(CC)CN(C)Cc1cccc(F)c1. The third-order valence-electron chi connectivity index (χ3n) is 4.20. The van der Waals surface area contributed by atoms with Crippen LogP contribution in [0.25, 0.3) is 0 Å². The van der Waals surface area contributed by atoms with Crippen LogP contribution in [0.1, 0.15) is 39.2 Å². The predicted octanol–water partition coefficient (Wildman–Crippen LogP) is 3.67. The first-order valence-corrected chi connectivity index (χ1v) is 7.69. The Morgan fingerprint density at radius 2 is 1.90 bits per heavy atom. The molecule has 0 heterocycles. The van der Waals surface area contributed by atoms with Crippen LogP contribution in [-0.2, 0) is 6.54 Å². The molecule has 0 atom stereocenters. The van der Waals surface area contributed by atoms with Gasteiger partial charge in [0.05, 0.1) is 0 Å². The van der Waals surface area contributed by atoms with Crippen molar-refractivity contribution >= 4 is 0 Å². The van der Waals surface area contributed by atoms with E-state index in [1.54, 1.807) is 12.1 Å². The maximum Gasteiger partial charge on any atom is 0.123 e. The van der Waals surface area contributed by atoms with E-state index < -0.39 is 0 Å². The van der Waals surface area contributed by atoms with Gasteiger partial charge in [0.15, 0.2) is 0 Å². The molecule has 0 unspecified atom stereocenters. The lowest BCUT2D eigenvalue weighted by atomic mass is 9.81. The van der Waals surface area contributed by atoms with Crippen molar-refractivity contribution in [2.75, 3.05) is 26.7 Å². The number of rotatable bonds is 9. The van der Waals surface area contributed by atoms with E-state index in [-0.39, 0.29) is 5.82 Å². The van der Waals surface area contributed by atoms with Gasteiger partial charge in [-0.3, -0.25) is 0 Å². The lowest BCUT2D eigenvalue weighted by molar-refractivity contribution is 0.151. The molecule has 20 heavy (non-hydrogen) atoms. The van der Waals surface area contributed by atoms with E-state index >= 15 is 0 Å². The van der Waals surface area contributed by atoms with Gasteiger partial charge >= 0.3 is 0 Å². The summed E-state index contributed by atoms with van der Waals surface area (Å²) in [6.45, 7) is 10.6. The molecule has 114 valence electrons. The van der Waals surface area contributed by atoms with Crippen LogP contribution in [0.15, 0.2) is 24.3 Å². The molecule has 0 aliphatic rings. The Hall–Kier alpha value is -0.930. The Labute approximate surface area is 123 Å². The molecule has 0 fully saturated rings. The van der Waals surface area contributed by atoms with E-state index in [2.05, 4.69) is 38.0 Å². The minimum atomic E-state index is -0.152. The molecule has 0 amide bonds. The second-order valence-electron chi connectivity index (χ2n) is 5.79. The summed E-state index contributed by atoms with van der Waals surface area (Å²) in [5.41, 5.74) is 1.34. The second kappa shape index (κ2) is 8.38. The van der Waals surface area contributed by atoms with Gasteiger partial charge < -0.3 is 10.2 Å². The summed E-state index contributed by atoms with van der Waals surface area (Å²) < 4.78 is 13.2. The molecule has 1 rings (SSSR count). The largest absolute Gasteiger partial charge is 0.316 e. The molecule has 1 aromatic carbocycles. The Balaban J connectivity index is 2.63. The van der Waals surface area contributed by atoms with E-state index in [4.69, 9.17) is 0 Å². The van der Waals surface area contributed by atoms with E-state index in [9.17, 15) is 4.39 Å². The lowest BCUT2D eigenvalue weighted by Crippen LogP contribution is -2.42. The van der Waals surface area contributed by atoms with Crippen molar-refractivity contribution in [2.24, 2.45) is 5.41 Å². The highest BCUT2D eigenvalue weighted by atomic mass is 19.1. The van der Waals surface area contributed by atoms with Gasteiger partial charge in [-0.1, -0.05) is 32.9 Å². The Morgan fingerprint density at radius 1 is 1.20 bits per heavy atom. The van der Waals surface area contributed by atoms with Gasteiger partial charge in [-0.05, 0) is 49.5 Å². The third-order valence-corrected chi connectivity index (χ3v) is 4.20. The fraction of sp³-hybridized carbons (Fsp3) is 0.647. The zero-order valence-electron chi connectivity index (χ0n) is 13.4. The molecule has 0 aliphatic heterocycles. The quantitative estimate of drug-likeness (QED) is 0.742. The van der Waals surface area contributed by atoms with Crippen LogP contribution in [0.5, 0.6) is 0 Å². The molecule has 0 aromatic heterocycles.